The summed E-state index contributed by atoms with van der Waals surface area (Å²) in [5, 5.41) is 10.7. The van der Waals surface area contributed by atoms with Crippen LogP contribution in [0, 0.1) is 0 Å². The van der Waals surface area contributed by atoms with Gasteiger partial charge in [-0.1, -0.05) is 0 Å². The smallest absolute Gasteiger partial charge is 0.229 e. The van der Waals surface area contributed by atoms with E-state index in [1.54, 1.807) is 7.11 Å². The minimum Gasteiger partial charge on any atom is -0.496 e. The first-order valence-corrected chi connectivity index (χ1v) is 12.2. The van der Waals surface area contributed by atoms with Crippen LogP contribution in [-0.2, 0) is 11.3 Å². The van der Waals surface area contributed by atoms with E-state index in [2.05, 4.69) is 29.7 Å². The molecule has 180 valence electrons. The van der Waals surface area contributed by atoms with E-state index in [-0.39, 0.29) is 12.6 Å². The largest absolute Gasteiger partial charge is 0.496 e. The van der Waals surface area contributed by atoms with Gasteiger partial charge < -0.3 is 24.4 Å². The number of morpholine rings is 1. The van der Waals surface area contributed by atoms with Crippen molar-refractivity contribution in [3.05, 3.63) is 35.9 Å². The number of aromatic nitrogens is 3. The first-order chi connectivity index (χ1) is 16.6. The molecule has 34 heavy (non-hydrogen) atoms. The van der Waals surface area contributed by atoms with E-state index in [1.165, 1.54) is 6.42 Å². The van der Waals surface area contributed by atoms with Crippen molar-refractivity contribution in [3.63, 3.8) is 0 Å². The molecular weight excluding hydrogens is 430 g/mol. The van der Waals surface area contributed by atoms with Crippen LogP contribution in [0.4, 0.5) is 11.8 Å². The van der Waals surface area contributed by atoms with Gasteiger partial charge in [-0.3, -0.25) is 0 Å². The zero-order chi connectivity index (χ0) is 23.7. The van der Waals surface area contributed by atoms with Gasteiger partial charge in [0.05, 0.1) is 44.1 Å². The van der Waals surface area contributed by atoms with Crippen LogP contribution in [-0.4, -0.2) is 65.6 Å². The van der Waals surface area contributed by atoms with Crippen molar-refractivity contribution >= 4 is 22.8 Å². The number of methoxy groups -OCH3 is 1. The fraction of sp³-hybridized carbons (Fsp3) is 0.500. The molecule has 0 radical (unpaired) electrons. The number of hydrogen-bond donors (Lipinski definition) is 1. The minimum atomic E-state index is -0.0944. The lowest BCUT2D eigenvalue weighted by molar-refractivity contribution is 0.0987. The standard InChI is InChI=1S/C26H33N5O3/c1-17-6-4-5-11-31(17)26-28-24-21(25(29-26)30-12-13-34-16-18(30)2)8-9-22(27-24)19-7-10-23(33-3)20(14-19)15-32/h7-10,14,17-18,32H,4-6,11-13,15-16H2,1-3H3/t17-,18+/m1/s1. The number of fused-ring (bicyclic) bond motifs is 1. The Morgan fingerprint density at radius 1 is 1.03 bits per heavy atom. The number of piperidine rings is 1. The lowest BCUT2D eigenvalue weighted by Gasteiger charge is -2.37. The summed E-state index contributed by atoms with van der Waals surface area (Å²) in [7, 11) is 1.61. The summed E-state index contributed by atoms with van der Waals surface area (Å²) in [5.41, 5.74) is 3.15. The number of nitrogens with zero attached hydrogens (tertiary/aromatic N) is 5. The van der Waals surface area contributed by atoms with Gasteiger partial charge in [0.15, 0.2) is 5.65 Å². The third-order valence-electron chi connectivity index (χ3n) is 6.97. The minimum absolute atomic E-state index is 0.0944. The number of rotatable bonds is 5. The maximum absolute atomic E-state index is 9.76. The highest BCUT2D eigenvalue weighted by Gasteiger charge is 2.27. The van der Waals surface area contributed by atoms with Gasteiger partial charge in [-0.2, -0.15) is 9.97 Å². The highest BCUT2D eigenvalue weighted by atomic mass is 16.5. The van der Waals surface area contributed by atoms with E-state index in [9.17, 15) is 5.11 Å². The molecule has 2 atom stereocenters. The normalized spacial score (nSPS) is 21.2. The highest BCUT2D eigenvalue weighted by Crippen LogP contribution is 2.33. The molecular formula is C26H33N5O3. The molecule has 2 aromatic heterocycles. The van der Waals surface area contributed by atoms with E-state index in [0.717, 1.165) is 59.9 Å². The van der Waals surface area contributed by atoms with Crippen molar-refractivity contribution in [1.29, 1.82) is 0 Å². The summed E-state index contributed by atoms with van der Waals surface area (Å²) in [6, 6.07) is 10.5. The second-order valence-electron chi connectivity index (χ2n) is 9.26. The fourth-order valence-electron chi connectivity index (χ4n) is 4.99. The molecule has 2 aliphatic heterocycles. The van der Waals surface area contributed by atoms with Crippen molar-refractivity contribution in [3.8, 4) is 17.0 Å². The van der Waals surface area contributed by atoms with Gasteiger partial charge in [0, 0.05) is 30.3 Å². The van der Waals surface area contributed by atoms with Crippen molar-refractivity contribution in [2.75, 3.05) is 43.2 Å². The zero-order valence-electron chi connectivity index (χ0n) is 20.2. The van der Waals surface area contributed by atoms with Gasteiger partial charge in [-0.15, -0.1) is 0 Å². The van der Waals surface area contributed by atoms with Gasteiger partial charge in [0.2, 0.25) is 5.95 Å². The van der Waals surface area contributed by atoms with Gasteiger partial charge >= 0.3 is 0 Å². The number of benzene rings is 1. The Kier molecular flexibility index (Phi) is 6.52. The van der Waals surface area contributed by atoms with E-state index < -0.39 is 0 Å². The highest BCUT2D eigenvalue weighted by molar-refractivity contribution is 5.90. The first kappa shape index (κ1) is 22.8. The van der Waals surface area contributed by atoms with Crippen LogP contribution >= 0.6 is 0 Å². The number of anilines is 2. The molecule has 3 aromatic rings. The third kappa shape index (κ3) is 4.28. The van der Waals surface area contributed by atoms with Gasteiger partial charge in [-0.05, 0) is 63.4 Å². The summed E-state index contributed by atoms with van der Waals surface area (Å²) in [6.45, 7) is 7.45. The van der Waals surface area contributed by atoms with E-state index >= 15 is 0 Å². The fourth-order valence-corrected chi connectivity index (χ4v) is 4.99. The molecule has 0 aliphatic carbocycles. The SMILES string of the molecule is COc1ccc(-c2ccc3c(N4CCOC[C@@H]4C)nc(N4CCCC[C@H]4C)nc3n2)cc1CO. The quantitative estimate of drug-likeness (QED) is 0.612. The Labute approximate surface area is 200 Å². The third-order valence-corrected chi connectivity index (χ3v) is 6.97. The van der Waals surface area contributed by atoms with E-state index in [0.29, 0.717) is 30.7 Å². The van der Waals surface area contributed by atoms with Crippen LogP contribution in [0.25, 0.3) is 22.3 Å². The van der Waals surface area contributed by atoms with Gasteiger partial charge in [0.25, 0.3) is 0 Å². The van der Waals surface area contributed by atoms with Crippen LogP contribution in [0.3, 0.4) is 0 Å². The Balaban J connectivity index is 1.64. The average molecular weight is 464 g/mol. The molecule has 0 spiro atoms. The lowest BCUT2D eigenvalue weighted by Crippen LogP contribution is -2.45. The molecule has 8 nitrogen and oxygen atoms in total. The number of aliphatic hydroxyl groups excluding tert-OH is 1. The van der Waals surface area contributed by atoms with E-state index in [4.69, 9.17) is 24.4 Å². The predicted octanol–water partition coefficient (Wildman–Crippen LogP) is 3.80. The Bertz CT molecular complexity index is 1170. The summed E-state index contributed by atoms with van der Waals surface area (Å²) in [4.78, 5) is 19.7. The summed E-state index contributed by atoms with van der Waals surface area (Å²) >= 11 is 0. The molecule has 2 aliphatic rings. The first-order valence-electron chi connectivity index (χ1n) is 12.2. The van der Waals surface area contributed by atoms with Crippen LogP contribution in [0.5, 0.6) is 5.75 Å². The molecule has 5 rings (SSSR count). The predicted molar refractivity (Wildman–Crippen MR) is 134 cm³/mol. The lowest BCUT2D eigenvalue weighted by atomic mass is 10.0. The van der Waals surface area contributed by atoms with Crippen molar-refractivity contribution in [2.24, 2.45) is 0 Å². The molecule has 0 bridgehead atoms. The van der Waals surface area contributed by atoms with E-state index in [1.807, 2.05) is 24.3 Å². The summed E-state index contributed by atoms with van der Waals surface area (Å²) in [5.74, 6) is 2.35. The topological polar surface area (TPSA) is 83.8 Å². The monoisotopic (exact) mass is 463 g/mol. The van der Waals surface area contributed by atoms with Crippen LogP contribution in [0.15, 0.2) is 30.3 Å². The number of hydrogen-bond acceptors (Lipinski definition) is 8. The Morgan fingerprint density at radius 2 is 1.91 bits per heavy atom. The molecule has 4 heterocycles. The van der Waals surface area contributed by atoms with Crippen molar-refractivity contribution < 1.29 is 14.6 Å². The molecule has 8 heteroatoms. The molecule has 2 fully saturated rings. The van der Waals surface area contributed by atoms with Gasteiger partial charge in [-0.25, -0.2) is 4.98 Å². The Morgan fingerprint density at radius 3 is 2.68 bits per heavy atom. The zero-order valence-corrected chi connectivity index (χ0v) is 20.2. The van der Waals surface area contributed by atoms with Crippen molar-refractivity contribution in [1.82, 2.24) is 15.0 Å². The van der Waals surface area contributed by atoms with Gasteiger partial charge in [0.1, 0.15) is 11.6 Å². The molecule has 0 amide bonds. The summed E-state index contributed by atoms with van der Waals surface area (Å²) in [6.07, 6.45) is 3.54. The number of pyridine rings is 1. The molecule has 1 N–H and O–H groups in total. The van der Waals surface area contributed by atoms with Crippen molar-refractivity contribution in [2.45, 2.75) is 51.8 Å². The number of aliphatic hydroxyl groups is 1. The van der Waals surface area contributed by atoms with Crippen LogP contribution in [0.2, 0.25) is 0 Å². The van der Waals surface area contributed by atoms with Crippen LogP contribution < -0.4 is 14.5 Å². The maximum Gasteiger partial charge on any atom is 0.229 e. The second kappa shape index (κ2) is 9.72. The second-order valence-corrected chi connectivity index (χ2v) is 9.26. The summed E-state index contributed by atoms with van der Waals surface area (Å²) < 4.78 is 11.0. The number of ether oxygens (including phenoxy) is 2. The molecule has 2 saturated heterocycles. The van der Waals surface area contributed by atoms with Crippen LogP contribution in [0.1, 0.15) is 38.7 Å². The molecule has 1 aromatic carbocycles. The molecule has 0 saturated carbocycles. The molecule has 0 unspecified atom stereocenters. The average Bonchev–Trinajstić information content (AvgIpc) is 2.88. The Hall–Kier alpha value is -2.97. The maximum atomic E-state index is 9.76.